The van der Waals surface area contributed by atoms with Crippen molar-refractivity contribution in [3.63, 3.8) is 0 Å². The third kappa shape index (κ3) is 4.62. The number of allylic oxidation sites excluding steroid dienone is 8. The molecule has 2 fully saturated rings. The molecule has 1 spiro atoms. The van der Waals surface area contributed by atoms with Crippen molar-refractivity contribution in [2.75, 3.05) is 0 Å². The first-order valence-electron chi connectivity index (χ1n) is 13.8. The highest BCUT2D eigenvalue weighted by Crippen LogP contribution is 2.69. The monoisotopic (exact) mass is 510 g/mol. The Morgan fingerprint density at radius 2 is 1.59 bits per heavy atom. The van der Waals surface area contributed by atoms with E-state index in [2.05, 4.69) is 12.2 Å². The highest BCUT2D eigenvalue weighted by Gasteiger charge is 2.77. The molecule has 0 radical (unpaired) electrons. The lowest BCUT2D eigenvalue weighted by molar-refractivity contribution is -0.178. The van der Waals surface area contributed by atoms with Crippen LogP contribution < -0.4 is 0 Å². The molecule has 0 aromatic carbocycles. The first-order chi connectivity index (χ1) is 17.1. The van der Waals surface area contributed by atoms with E-state index < -0.39 is 34.2 Å². The SMILES string of the molecule is CC(C)=CCC[C@]1(C)[C@@H](CC=C(C)C)CC23CC(O)OC2=C(CC=C(C)C)C(=O)[C@@]1(C(=O)C(C)C)C3=O. The second-order valence-electron chi connectivity index (χ2n) is 12.7. The summed E-state index contributed by atoms with van der Waals surface area (Å²) in [4.78, 5) is 43.9. The maximum Gasteiger partial charge on any atom is 0.198 e. The molecule has 2 aliphatic carbocycles. The summed E-state index contributed by atoms with van der Waals surface area (Å²) in [5.41, 5.74) is -0.0742. The smallest absolute Gasteiger partial charge is 0.198 e. The second kappa shape index (κ2) is 10.5. The lowest BCUT2D eigenvalue weighted by atomic mass is 9.38. The topological polar surface area (TPSA) is 80.7 Å². The number of rotatable bonds is 9. The van der Waals surface area contributed by atoms with Gasteiger partial charge in [-0.05, 0) is 85.0 Å². The van der Waals surface area contributed by atoms with E-state index >= 15 is 0 Å². The first-order valence-corrected chi connectivity index (χ1v) is 13.8. The van der Waals surface area contributed by atoms with Crippen LogP contribution in [-0.4, -0.2) is 28.7 Å². The molecule has 0 amide bonds. The number of ketones is 3. The van der Waals surface area contributed by atoms with Crippen LogP contribution in [-0.2, 0) is 19.1 Å². The number of Topliss-reactive ketones (excluding diaryl/α,β-unsaturated/α-hetero) is 3. The zero-order valence-electron chi connectivity index (χ0n) is 24.3. The van der Waals surface area contributed by atoms with E-state index in [0.717, 1.165) is 11.1 Å². The number of fused-ring (bicyclic) bond motifs is 1. The Bertz CT molecular complexity index is 1090. The summed E-state index contributed by atoms with van der Waals surface area (Å²) in [6, 6.07) is 0. The van der Waals surface area contributed by atoms with Gasteiger partial charge in [0.15, 0.2) is 29.1 Å². The molecule has 1 saturated heterocycles. The molecule has 37 heavy (non-hydrogen) atoms. The summed E-state index contributed by atoms with van der Waals surface area (Å²) in [5, 5.41) is 10.7. The molecule has 2 unspecified atom stereocenters. The molecule has 2 bridgehead atoms. The zero-order chi connectivity index (χ0) is 27.9. The van der Waals surface area contributed by atoms with Crippen LogP contribution in [0.3, 0.4) is 0 Å². The fourth-order valence-electron chi connectivity index (χ4n) is 6.97. The molecule has 5 atom stereocenters. The Hall–Kier alpha value is -2.27. The van der Waals surface area contributed by atoms with Gasteiger partial charge >= 0.3 is 0 Å². The van der Waals surface area contributed by atoms with Crippen LogP contribution in [0, 0.1) is 28.1 Å². The number of hydrogen-bond donors (Lipinski definition) is 1. The van der Waals surface area contributed by atoms with Crippen molar-refractivity contribution < 1.29 is 24.2 Å². The molecular weight excluding hydrogens is 464 g/mol. The normalized spacial score (nSPS) is 32.6. The van der Waals surface area contributed by atoms with Crippen molar-refractivity contribution in [1.82, 2.24) is 0 Å². The number of ether oxygens (including phenoxy) is 1. The van der Waals surface area contributed by atoms with Crippen molar-refractivity contribution in [1.29, 1.82) is 0 Å². The highest BCUT2D eigenvalue weighted by molar-refractivity contribution is 6.33. The number of hydrogen-bond acceptors (Lipinski definition) is 5. The minimum Gasteiger partial charge on any atom is -0.468 e. The molecule has 5 nitrogen and oxygen atoms in total. The molecule has 0 aromatic rings. The molecule has 204 valence electrons. The zero-order valence-corrected chi connectivity index (χ0v) is 24.3. The number of carbonyl (C=O) groups is 3. The summed E-state index contributed by atoms with van der Waals surface area (Å²) in [6.07, 6.45) is 7.81. The van der Waals surface area contributed by atoms with E-state index in [1.165, 1.54) is 5.57 Å². The fraction of sp³-hybridized carbons (Fsp3) is 0.656. The van der Waals surface area contributed by atoms with Crippen LogP contribution in [0.1, 0.15) is 101 Å². The number of aliphatic hydroxyl groups is 1. The van der Waals surface area contributed by atoms with Gasteiger partial charge in [0.1, 0.15) is 5.76 Å². The number of aliphatic hydroxyl groups excluding tert-OH is 1. The van der Waals surface area contributed by atoms with Crippen LogP contribution in [0.5, 0.6) is 0 Å². The van der Waals surface area contributed by atoms with E-state index in [0.29, 0.717) is 37.0 Å². The highest BCUT2D eigenvalue weighted by atomic mass is 16.6. The van der Waals surface area contributed by atoms with E-state index in [9.17, 15) is 19.5 Å². The predicted octanol–water partition coefficient (Wildman–Crippen LogP) is 6.81. The standard InChI is InChI=1S/C32H46O5/c1-19(2)11-10-16-30(9)23(14-12-20(3)4)17-31-18-25(33)37-28(31)24(15-13-21(5)6)27(35)32(30,29(31)36)26(34)22(7)8/h11-13,22-23,25,33H,10,14-18H2,1-9H3/t23-,25?,30+,31?,32-/m0/s1. The van der Waals surface area contributed by atoms with Crippen molar-refractivity contribution in [3.8, 4) is 0 Å². The summed E-state index contributed by atoms with van der Waals surface area (Å²) < 4.78 is 5.90. The lowest BCUT2D eigenvalue weighted by Crippen LogP contribution is -2.70. The average molecular weight is 511 g/mol. The van der Waals surface area contributed by atoms with Crippen LogP contribution in [0.4, 0.5) is 0 Å². The van der Waals surface area contributed by atoms with Crippen molar-refractivity contribution in [3.05, 3.63) is 46.3 Å². The van der Waals surface area contributed by atoms with Crippen LogP contribution >= 0.6 is 0 Å². The Balaban J connectivity index is 2.41. The Morgan fingerprint density at radius 3 is 2.14 bits per heavy atom. The fourth-order valence-corrected chi connectivity index (χ4v) is 6.97. The molecule has 1 N–H and O–H groups in total. The van der Waals surface area contributed by atoms with Gasteiger partial charge < -0.3 is 9.84 Å². The van der Waals surface area contributed by atoms with Gasteiger partial charge in [-0.3, -0.25) is 14.4 Å². The summed E-state index contributed by atoms with van der Waals surface area (Å²) in [7, 11) is 0. The van der Waals surface area contributed by atoms with Crippen molar-refractivity contribution >= 4 is 17.3 Å². The quantitative estimate of drug-likeness (QED) is 0.272. The summed E-state index contributed by atoms with van der Waals surface area (Å²) >= 11 is 0. The van der Waals surface area contributed by atoms with Gasteiger partial charge in [0, 0.05) is 17.9 Å². The molecule has 1 heterocycles. The van der Waals surface area contributed by atoms with Crippen molar-refractivity contribution in [2.24, 2.45) is 28.1 Å². The first kappa shape index (κ1) is 29.3. The maximum atomic E-state index is 14.8. The van der Waals surface area contributed by atoms with Crippen LogP contribution in [0.2, 0.25) is 0 Å². The van der Waals surface area contributed by atoms with Crippen LogP contribution in [0.25, 0.3) is 0 Å². The Kier molecular flexibility index (Phi) is 8.29. The largest absolute Gasteiger partial charge is 0.468 e. The van der Waals surface area contributed by atoms with Gasteiger partial charge in [0.2, 0.25) is 0 Å². The Labute approximate surface area is 223 Å². The van der Waals surface area contributed by atoms with Gasteiger partial charge in [0.25, 0.3) is 0 Å². The molecule has 3 rings (SSSR count). The van der Waals surface area contributed by atoms with Gasteiger partial charge in [-0.25, -0.2) is 0 Å². The van der Waals surface area contributed by atoms with Crippen LogP contribution in [0.15, 0.2) is 46.3 Å². The van der Waals surface area contributed by atoms with Gasteiger partial charge in [-0.2, -0.15) is 0 Å². The number of carbonyl (C=O) groups excluding carboxylic acids is 3. The molecular formula is C32H46O5. The predicted molar refractivity (Wildman–Crippen MR) is 146 cm³/mol. The molecule has 1 aliphatic heterocycles. The van der Waals surface area contributed by atoms with Gasteiger partial charge in [-0.15, -0.1) is 0 Å². The average Bonchev–Trinajstić information content (AvgIpc) is 3.11. The molecule has 0 aromatic heterocycles. The van der Waals surface area contributed by atoms with Crippen molar-refractivity contribution in [2.45, 2.75) is 107 Å². The molecule has 3 aliphatic rings. The van der Waals surface area contributed by atoms with E-state index in [1.54, 1.807) is 13.8 Å². The third-order valence-electron chi connectivity index (χ3n) is 8.86. The molecule has 1 saturated carbocycles. The minimum absolute atomic E-state index is 0.0925. The lowest BCUT2D eigenvalue weighted by Gasteiger charge is -2.60. The summed E-state index contributed by atoms with van der Waals surface area (Å²) in [6.45, 7) is 17.7. The third-order valence-corrected chi connectivity index (χ3v) is 8.86. The van der Waals surface area contributed by atoms with E-state index in [-0.39, 0.29) is 30.3 Å². The molecule has 5 heteroatoms. The van der Waals surface area contributed by atoms with Gasteiger partial charge in [0.05, 0.1) is 5.41 Å². The summed E-state index contributed by atoms with van der Waals surface area (Å²) in [5.74, 6) is -1.33. The second-order valence-corrected chi connectivity index (χ2v) is 12.7. The Morgan fingerprint density at radius 1 is 1.00 bits per heavy atom. The minimum atomic E-state index is -1.79. The van der Waals surface area contributed by atoms with E-state index in [1.807, 2.05) is 54.5 Å². The maximum absolute atomic E-state index is 14.8. The van der Waals surface area contributed by atoms with Gasteiger partial charge in [-0.1, -0.05) is 55.7 Å². The van der Waals surface area contributed by atoms with E-state index in [4.69, 9.17) is 4.74 Å².